The Labute approximate surface area is 105 Å². The minimum absolute atomic E-state index is 0.00416. The third-order valence-electron chi connectivity index (χ3n) is 2.82. The first-order chi connectivity index (χ1) is 8.11. The fourth-order valence-corrected chi connectivity index (χ4v) is 2.16. The van der Waals surface area contributed by atoms with Crippen molar-refractivity contribution < 1.29 is 9.84 Å². The molecule has 5 nitrogen and oxygen atoms in total. The third kappa shape index (κ3) is 2.62. The summed E-state index contributed by atoms with van der Waals surface area (Å²) in [6, 6.07) is 1.85. The first-order valence-electron chi connectivity index (χ1n) is 5.52. The quantitative estimate of drug-likeness (QED) is 0.824. The second kappa shape index (κ2) is 5.08. The lowest BCUT2D eigenvalue weighted by Crippen LogP contribution is -2.50. The van der Waals surface area contributed by atoms with Crippen molar-refractivity contribution in [3.63, 3.8) is 0 Å². The predicted octanol–water partition coefficient (Wildman–Crippen LogP) is 0.903. The summed E-state index contributed by atoms with van der Waals surface area (Å²) in [7, 11) is 0. The number of nitrogen functional groups attached to an aromatic ring is 1. The Kier molecular flexibility index (Phi) is 3.71. The van der Waals surface area contributed by atoms with Crippen molar-refractivity contribution in [3.05, 3.63) is 17.3 Å². The lowest BCUT2D eigenvalue weighted by atomic mass is 10.2. The average Bonchev–Trinajstić information content (AvgIpc) is 2.30. The van der Waals surface area contributed by atoms with Crippen LogP contribution in [0.5, 0.6) is 0 Å². The van der Waals surface area contributed by atoms with Crippen LogP contribution < -0.4 is 10.6 Å². The molecule has 0 amide bonds. The first-order valence-corrected chi connectivity index (χ1v) is 5.89. The zero-order chi connectivity index (χ0) is 12.4. The van der Waals surface area contributed by atoms with Gasteiger partial charge in [0.2, 0.25) is 0 Å². The van der Waals surface area contributed by atoms with E-state index in [2.05, 4.69) is 4.98 Å². The first kappa shape index (κ1) is 12.4. The molecule has 6 heteroatoms. The Morgan fingerprint density at radius 3 is 3.12 bits per heavy atom. The Bertz CT molecular complexity index is 402. The van der Waals surface area contributed by atoms with Gasteiger partial charge in [0, 0.05) is 6.54 Å². The molecule has 1 aromatic rings. The zero-order valence-electron chi connectivity index (χ0n) is 9.64. The molecule has 1 aliphatic heterocycles. The Balaban J connectivity index is 2.24. The molecule has 2 rings (SSSR count). The summed E-state index contributed by atoms with van der Waals surface area (Å²) >= 11 is 6.13. The molecule has 0 radical (unpaired) electrons. The van der Waals surface area contributed by atoms with Gasteiger partial charge in [0.15, 0.2) is 0 Å². The molecule has 1 fully saturated rings. The molecule has 94 valence electrons. The number of hydrogen-bond donors (Lipinski definition) is 2. The molecule has 1 aliphatic rings. The van der Waals surface area contributed by atoms with E-state index in [0.717, 1.165) is 0 Å². The monoisotopic (exact) mass is 257 g/mol. The van der Waals surface area contributed by atoms with Gasteiger partial charge in [0.05, 0.1) is 42.3 Å². The molecule has 0 bridgehead atoms. The molecular weight excluding hydrogens is 242 g/mol. The molecule has 2 heterocycles. The molecule has 0 aliphatic carbocycles. The number of aliphatic hydroxyl groups excluding tert-OH is 1. The maximum Gasteiger partial charge on any atom is 0.147 e. The summed E-state index contributed by atoms with van der Waals surface area (Å²) < 4.78 is 5.47. The van der Waals surface area contributed by atoms with Gasteiger partial charge in [-0.3, -0.25) is 0 Å². The van der Waals surface area contributed by atoms with E-state index in [-0.39, 0.29) is 18.8 Å². The van der Waals surface area contributed by atoms with Crippen LogP contribution in [0.25, 0.3) is 0 Å². The molecule has 3 N–H and O–H groups in total. The highest BCUT2D eigenvalue weighted by Crippen LogP contribution is 2.28. The minimum atomic E-state index is -0.193. The summed E-state index contributed by atoms with van der Waals surface area (Å²) in [5.41, 5.74) is 6.16. The normalized spacial score (nSPS) is 25.0. The number of hydrogen-bond acceptors (Lipinski definition) is 5. The Hall–Kier alpha value is -1.04. The summed E-state index contributed by atoms with van der Waals surface area (Å²) in [4.78, 5) is 6.29. The van der Waals surface area contributed by atoms with E-state index < -0.39 is 0 Å². The van der Waals surface area contributed by atoms with Crippen molar-refractivity contribution in [2.24, 2.45) is 0 Å². The van der Waals surface area contributed by atoms with Crippen LogP contribution in [0, 0.1) is 0 Å². The van der Waals surface area contributed by atoms with Gasteiger partial charge < -0.3 is 20.5 Å². The van der Waals surface area contributed by atoms with Crippen molar-refractivity contribution in [2.45, 2.75) is 19.1 Å². The topological polar surface area (TPSA) is 71.6 Å². The Morgan fingerprint density at radius 2 is 2.47 bits per heavy atom. The molecule has 0 aromatic carbocycles. The highest BCUT2D eigenvalue weighted by Gasteiger charge is 2.27. The van der Waals surface area contributed by atoms with Crippen molar-refractivity contribution in [1.82, 2.24) is 4.98 Å². The maximum absolute atomic E-state index is 9.13. The number of aromatic nitrogens is 1. The fraction of sp³-hybridized carbons (Fsp3) is 0.545. The molecule has 0 spiro atoms. The van der Waals surface area contributed by atoms with Crippen molar-refractivity contribution in [2.75, 3.05) is 30.4 Å². The van der Waals surface area contributed by atoms with Crippen LogP contribution >= 0.6 is 11.6 Å². The van der Waals surface area contributed by atoms with Crippen molar-refractivity contribution >= 4 is 23.1 Å². The average molecular weight is 258 g/mol. The van der Waals surface area contributed by atoms with E-state index in [9.17, 15) is 0 Å². The summed E-state index contributed by atoms with van der Waals surface area (Å²) in [6.07, 6.45) is 1.39. The maximum atomic E-state index is 9.13. The smallest absolute Gasteiger partial charge is 0.147 e. The third-order valence-corrected chi connectivity index (χ3v) is 3.10. The van der Waals surface area contributed by atoms with Gasteiger partial charge in [-0.1, -0.05) is 11.6 Å². The van der Waals surface area contributed by atoms with Gasteiger partial charge >= 0.3 is 0 Å². The number of halogens is 1. The molecule has 2 atom stereocenters. The van der Waals surface area contributed by atoms with Crippen LogP contribution in [-0.4, -0.2) is 42.0 Å². The van der Waals surface area contributed by atoms with E-state index in [0.29, 0.717) is 29.7 Å². The molecule has 1 saturated heterocycles. The van der Waals surface area contributed by atoms with Gasteiger partial charge in [0.25, 0.3) is 0 Å². The summed E-state index contributed by atoms with van der Waals surface area (Å²) in [5, 5.41) is 9.65. The number of morpholine rings is 1. The van der Waals surface area contributed by atoms with E-state index in [1.165, 1.54) is 0 Å². The fourth-order valence-electron chi connectivity index (χ4n) is 1.88. The number of nitrogens with two attached hydrogens (primary N) is 1. The van der Waals surface area contributed by atoms with E-state index in [1.54, 1.807) is 12.3 Å². The molecule has 1 aromatic heterocycles. The van der Waals surface area contributed by atoms with Crippen LogP contribution in [-0.2, 0) is 4.74 Å². The lowest BCUT2D eigenvalue weighted by Gasteiger charge is -2.38. The predicted molar refractivity (Wildman–Crippen MR) is 67.3 cm³/mol. The van der Waals surface area contributed by atoms with E-state index in [1.807, 2.05) is 11.8 Å². The van der Waals surface area contributed by atoms with Crippen LogP contribution in [0.3, 0.4) is 0 Å². The van der Waals surface area contributed by atoms with Gasteiger partial charge in [-0.25, -0.2) is 4.98 Å². The van der Waals surface area contributed by atoms with Crippen LogP contribution in [0.1, 0.15) is 6.92 Å². The van der Waals surface area contributed by atoms with Crippen molar-refractivity contribution in [1.29, 1.82) is 0 Å². The van der Waals surface area contributed by atoms with Gasteiger partial charge in [0.1, 0.15) is 5.82 Å². The highest BCUT2D eigenvalue weighted by molar-refractivity contribution is 6.33. The number of rotatable bonds is 2. The van der Waals surface area contributed by atoms with Gasteiger partial charge in [-0.2, -0.15) is 0 Å². The SMILES string of the molecule is CC1COC(CO)CN1c1ncc(N)cc1Cl. The van der Waals surface area contributed by atoms with Crippen LogP contribution in [0.4, 0.5) is 11.5 Å². The molecular formula is C11H16ClN3O2. The standard InChI is InChI=1S/C11H16ClN3O2/c1-7-6-17-9(5-16)4-15(7)11-10(12)2-8(13)3-14-11/h2-3,7,9,16H,4-6,13H2,1H3. The lowest BCUT2D eigenvalue weighted by molar-refractivity contribution is -0.0105. The molecule has 17 heavy (non-hydrogen) atoms. The zero-order valence-corrected chi connectivity index (χ0v) is 10.4. The summed E-state index contributed by atoms with van der Waals surface area (Å²) in [6.45, 7) is 3.15. The van der Waals surface area contributed by atoms with E-state index >= 15 is 0 Å². The number of nitrogens with zero attached hydrogens (tertiary/aromatic N) is 2. The second-order valence-electron chi connectivity index (χ2n) is 4.21. The number of anilines is 2. The van der Waals surface area contributed by atoms with E-state index in [4.69, 9.17) is 27.2 Å². The highest BCUT2D eigenvalue weighted by atomic mass is 35.5. The number of ether oxygens (including phenoxy) is 1. The Morgan fingerprint density at radius 1 is 1.71 bits per heavy atom. The minimum Gasteiger partial charge on any atom is -0.397 e. The summed E-state index contributed by atoms with van der Waals surface area (Å²) in [5.74, 6) is 0.690. The van der Waals surface area contributed by atoms with Crippen LogP contribution in [0.15, 0.2) is 12.3 Å². The van der Waals surface area contributed by atoms with Crippen LogP contribution in [0.2, 0.25) is 5.02 Å². The largest absolute Gasteiger partial charge is 0.397 e. The van der Waals surface area contributed by atoms with Crippen molar-refractivity contribution in [3.8, 4) is 0 Å². The molecule has 2 unspecified atom stereocenters. The number of aliphatic hydroxyl groups is 1. The van der Waals surface area contributed by atoms with Gasteiger partial charge in [-0.15, -0.1) is 0 Å². The van der Waals surface area contributed by atoms with Gasteiger partial charge in [-0.05, 0) is 13.0 Å². The second-order valence-corrected chi connectivity index (χ2v) is 4.62. The number of pyridine rings is 1. The molecule has 0 saturated carbocycles.